The second-order valence-corrected chi connectivity index (χ2v) is 3.40. The molecular formula is C11H12N2O6. The first kappa shape index (κ1) is 14.8. The fourth-order valence-electron chi connectivity index (χ4n) is 1.85. The number of hydrogen-bond donors (Lipinski definition) is 0. The zero-order chi connectivity index (χ0) is 14.7. The zero-order valence-electron chi connectivity index (χ0n) is 10.8. The Hall–Kier alpha value is -2.29. The van der Waals surface area contributed by atoms with Crippen LogP contribution in [0.3, 0.4) is 0 Å². The highest BCUT2D eigenvalue weighted by molar-refractivity contribution is 5.87. The predicted molar refractivity (Wildman–Crippen MR) is 57.5 cm³/mol. The van der Waals surface area contributed by atoms with E-state index in [0.717, 1.165) is 21.3 Å². The van der Waals surface area contributed by atoms with Crippen LogP contribution in [-0.2, 0) is 28.5 Å². The van der Waals surface area contributed by atoms with Crippen molar-refractivity contribution in [2.75, 3.05) is 28.4 Å². The van der Waals surface area contributed by atoms with E-state index < -0.39 is 17.4 Å². The van der Waals surface area contributed by atoms with Crippen molar-refractivity contribution in [2.45, 2.75) is 5.97 Å². The summed E-state index contributed by atoms with van der Waals surface area (Å²) in [6.07, 6.45) is 0. The van der Waals surface area contributed by atoms with Crippen molar-refractivity contribution >= 4 is 5.97 Å². The van der Waals surface area contributed by atoms with Crippen molar-refractivity contribution in [2.24, 2.45) is 5.41 Å². The Morgan fingerprint density at radius 2 is 1.79 bits per heavy atom. The van der Waals surface area contributed by atoms with Gasteiger partial charge in [0, 0.05) is 14.2 Å². The van der Waals surface area contributed by atoms with Gasteiger partial charge in [-0.3, -0.25) is 0 Å². The van der Waals surface area contributed by atoms with Crippen molar-refractivity contribution in [1.82, 2.24) is 0 Å². The third kappa shape index (κ3) is 1.62. The van der Waals surface area contributed by atoms with Crippen LogP contribution in [0.2, 0.25) is 0 Å². The molecule has 8 heteroatoms. The average Bonchev–Trinajstić information content (AvgIpc) is 2.76. The number of rotatable bonds is 4. The van der Waals surface area contributed by atoms with Crippen molar-refractivity contribution in [3.8, 4) is 12.1 Å². The number of nitrogens with zero attached hydrogens (tertiary/aromatic N) is 2. The maximum absolute atomic E-state index is 12.0. The second kappa shape index (κ2) is 5.14. The molecule has 0 spiro atoms. The van der Waals surface area contributed by atoms with Crippen LogP contribution >= 0.6 is 0 Å². The molecule has 0 radical (unpaired) electrons. The van der Waals surface area contributed by atoms with E-state index in [2.05, 4.69) is 4.74 Å². The van der Waals surface area contributed by atoms with E-state index in [-0.39, 0.29) is 11.5 Å². The van der Waals surface area contributed by atoms with Crippen LogP contribution in [0.15, 0.2) is 11.5 Å². The van der Waals surface area contributed by atoms with Gasteiger partial charge in [-0.15, -0.1) is 0 Å². The van der Waals surface area contributed by atoms with Gasteiger partial charge < -0.3 is 23.7 Å². The molecule has 19 heavy (non-hydrogen) atoms. The van der Waals surface area contributed by atoms with Gasteiger partial charge >= 0.3 is 11.9 Å². The molecule has 0 fully saturated rings. The summed E-state index contributed by atoms with van der Waals surface area (Å²) in [7, 11) is 4.60. The first-order valence-corrected chi connectivity index (χ1v) is 5.01. The summed E-state index contributed by atoms with van der Waals surface area (Å²) in [5, 5.41) is 18.6. The number of methoxy groups -OCH3 is 4. The topological polar surface area (TPSA) is 111 Å². The van der Waals surface area contributed by atoms with E-state index in [0.29, 0.717) is 0 Å². The Labute approximate surface area is 109 Å². The van der Waals surface area contributed by atoms with E-state index in [9.17, 15) is 10.1 Å². The molecule has 0 saturated heterocycles. The van der Waals surface area contributed by atoms with Gasteiger partial charge in [-0.25, -0.2) is 4.79 Å². The van der Waals surface area contributed by atoms with Crippen LogP contribution in [0.1, 0.15) is 0 Å². The molecule has 0 aromatic rings. The van der Waals surface area contributed by atoms with Gasteiger partial charge in [0.05, 0.1) is 20.3 Å². The summed E-state index contributed by atoms with van der Waals surface area (Å²) in [5.74, 6) is -3.54. The standard InChI is InChI=1S/C11H12N2O6/c1-15-8-7(5-12)10(6-13,9(14)16-2)11(17-3,18-4)19-8/h1-4H3. The van der Waals surface area contributed by atoms with E-state index >= 15 is 0 Å². The van der Waals surface area contributed by atoms with Crippen molar-refractivity contribution in [1.29, 1.82) is 10.5 Å². The van der Waals surface area contributed by atoms with Crippen LogP contribution in [0.4, 0.5) is 0 Å². The normalized spacial score (nSPS) is 24.1. The van der Waals surface area contributed by atoms with Crippen molar-refractivity contribution in [3.63, 3.8) is 0 Å². The number of carbonyl (C=O) groups excluding carboxylic acids is 1. The fraction of sp³-hybridized carbons (Fsp3) is 0.545. The minimum Gasteiger partial charge on any atom is -0.468 e. The third-order valence-electron chi connectivity index (χ3n) is 2.76. The van der Waals surface area contributed by atoms with Gasteiger partial charge in [0.2, 0.25) is 0 Å². The quantitative estimate of drug-likeness (QED) is 0.518. The largest absolute Gasteiger partial charge is 0.468 e. The minimum absolute atomic E-state index is 0.335. The number of ether oxygens (including phenoxy) is 5. The molecule has 1 aliphatic rings. The SMILES string of the molecule is COC(=O)C1(C#N)C(C#N)=C(OC)OC1(OC)OC. The monoisotopic (exact) mass is 268 g/mol. The molecule has 0 N–H and O–H groups in total. The molecule has 1 aliphatic heterocycles. The van der Waals surface area contributed by atoms with Crippen LogP contribution in [0, 0.1) is 28.1 Å². The molecule has 1 rings (SSSR count). The lowest BCUT2D eigenvalue weighted by Gasteiger charge is -2.33. The Morgan fingerprint density at radius 1 is 1.21 bits per heavy atom. The molecule has 0 amide bonds. The van der Waals surface area contributed by atoms with Gasteiger partial charge in [-0.05, 0) is 0 Å². The maximum atomic E-state index is 12.0. The van der Waals surface area contributed by atoms with Gasteiger partial charge in [0.15, 0.2) is 5.57 Å². The molecule has 0 saturated carbocycles. The lowest BCUT2D eigenvalue weighted by Crippen LogP contribution is -2.54. The molecule has 1 atom stereocenters. The lowest BCUT2D eigenvalue weighted by atomic mass is 9.80. The van der Waals surface area contributed by atoms with Crippen LogP contribution < -0.4 is 0 Å². The molecular weight excluding hydrogens is 256 g/mol. The molecule has 1 heterocycles. The molecule has 0 aromatic carbocycles. The van der Waals surface area contributed by atoms with Crippen LogP contribution in [0.25, 0.3) is 0 Å². The summed E-state index contributed by atoms with van der Waals surface area (Å²) in [4.78, 5) is 12.0. The summed E-state index contributed by atoms with van der Waals surface area (Å²) < 4.78 is 24.6. The second-order valence-electron chi connectivity index (χ2n) is 3.40. The van der Waals surface area contributed by atoms with E-state index in [1.165, 1.54) is 7.11 Å². The fourth-order valence-corrected chi connectivity index (χ4v) is 1.85. The first-order chi connectivity index (χ1) is 9.03. The smallest absolute Gasteiger partial charge is 0.365 e. The number of carbonyl (C=O) groups is 1. The first-order valence-electron chi connectivity index (χ1n) is 5.01. The van der Waals surface area contributed by atoms with Crippen molar-refractivity contribution in [3.05, 3.63) is 11.5 Å². The molecule has 0 aliphatic carbocycles. The van der Waals surface area contributed by atoms with E-state index in [1.54, 1.807) is 12.1 Å². The Kier molecular flexibility index (Phi) is 4.00. The van der Waals surface area contributed by atoms with Gasteiger partial charge in [-0.2, -0.15) is 10.5 Å². The Bertz CT molecular complexity index is 496. The van der Waals surface area contributed by atoms with Gasteiger partial charge in [0.1, 0.15) is 6.07 Å². The summed E-state index contributed by atoms with van der Waals surface area (Å²) >= 11 is 0. The number of esters is 1. The van der Waals surface area contributed by atoms with E-state index in [4.69, 9.17) is 24.2 Å². The molecule has 1 unspecified atom stereocenters. The Balaban J connectivity index is 3.65. The van der Waals surface area contributed by atoms with E-state index in [1.807, 2.05) is 0 Å². The summed E-state index contributed by atoms with van der Waals surface area (Å²) in [5.41, 5.74) is -2.61. The number of hydrogen-bond acceptors (Lipinski definition) is 8. The van der Waals surface area contributed by atoms with Crippen LogP contribution in [-0.4, -0.2) is 40.4 Å². The summed E-state index contributed by atoms with van der Waals surface area (Å²) in [6, 6.07) is 3.37. The molecule has 102 valence electrons. The highest BCUT2D eigenvalue weighted by atomic mass is 16.9. The predicted octanol–water partition coefficient (Wildman–Crippen LogP) is 0.0278. The Morgan fingerprint density at radius 3 is 2.11 bits per heavy atom. The maximum Gasteiger partial charge on any atom is 0.365 e. The average molecular weight is 268 g/mol. The lowest BCUT2D eigenvalue weighted by molar-refractivity contribution is -0.373. The third-order valence-corrected chi connectivity index (χ3v) is 2.76. The number of nitriles is 2. The highest BCUT2D eigenvalue weighted by Crippen LogP contribution is 2.51. The summed E-state index contributed by atoms with van der Waals surface area (Å²) in [6.45, 7) is 0. The molecule has 0 aromatic heterocycles. The zero-order valence-corrected chi connectivity index (χ0v) is 10.8. The van der Waals surface area contributed by atoms with Crippen molar-refractivity contribution < 1.29 is 28.5 Å². The van der Waals surface area contributed by atoms with Gasteiger partial charge in [-0.1, -0.05) is 0 Å². The molecule has 0 bridgehead atoms. The molecule has 8 nitrogen and oxygen atoms in total. The minimum atomic E-state index is -2.23. The highest BCUT2D eigenvalue weighted by Gasteiger charge is 2.72. The van der Waals surface area contributed by atoms with Crippen LogP contribution in [0.5, 0.6) is 0 Å². The van der Waals surface area contributed by atoms with Gasteiger partial charge in [0.25, 0.3) is 11.4 Å².